The standard InChI is InChI=1S/C14H24N4O2/c1-10-11(8-13(20-10)14(19)16-15)9-18-6-4-12(5-7-18)17(2)3/h8,12H,4-7,9,15H2,1-3H3,(H,16,19). The Bertz CT molecular complexity index is 462. The van der Waals surface area contributed by atoms with Crippen LogP contribution in [0, 0.1) is 6.92 Å². The minimum Gasteiger partial charge on any atom is -0.456 e. The Balaban J connectivity index is 1.94. The lowest BCUT2D eigenvalue weighted by molar-refractivity contribution is 0.0924. The van der Waals surface area contributed by atoms with Gasteiger partial charge in [-0.1, -0.05) is 0 Å². The molecule has 112 valence electrons. The van der Waals surface area contributed by atoms with Gasteiger partial charge in [-0.25, -0.2) is 5.84 Å². The van der Waals surface area contributed by atoms with Gasteiger partial charge in [-0.05, 0) is 53.0 Å². The summed E-state index contributed by atoms with van der Waals surface area (Å²) in [6, 6.07) is 2.46. The molecule has 0 unspecified atom stereocenters. The van der Waals surface area contributed by atoms with Crippen molar-refractivity contribution in [3.8, 4) is 0 Å². The van der Waals surface area contributed by atoms with Crippen LogP contribution in [0.25, 0.3) is 0 Å². The average molecular weight is 280 g/mol. The third-order valence-electron chi connectivity index (χ3n) is 4.06. The van der Waals surface area contributed by atoms with E-state index in [4.69, 9.17) is 10.3 Å². The zero-order valence-electron chi connectivity index (χ0n) is 12.5. The molecule has 0 aromatic carbocycles. The van der Waals surface area contributed by atoms with Crippen LogP contribution in [-0.2, 0) is 6.54 Å². The summed E-state index contributed by atoms with van der Waals surface area (Å²) >= 11 is 0. The third-order valence-corrected chi connectivity index (χ3v) is 4.06. The molecule has 1 aromatic heterocycles. The average Bonchev–Trinajstić information content (AvgIpc) is 2.80. The second-order valence-corrected chi connectivity index (χ2v) is 5.64. The first kappa shape index (κ1) is 15.0. The Morgan fingerprint density at radius 3 is 2.70 bits per heavy atom. The van der Waals surface area contributed by atoms with Gasteiger partial charge < -0.3 is 9.32 Å². The fourth-order valence-corrected chi connectivity index (χ4v) is 2.69. The molecule has 1 fully saturated rings. The van der Waals surface area contributed by atoms with Gasteiger partial charge in [0.2, 0.25) is 0 Å². The van der Waals surface area contributed by atoms with Gasteiger partial charge in [-0.15, -0.1) is 0 Å². The van der Waals surface area contributed by atoms with E-state index in [1.807, 2.05) is 6.92 Å². The Morgan fingerprint density at radius 1 is 1.50 bits per heavy atom. The van der Waals surface area contributed by atoms with Crippen LogP contribution in [0.5, 0.6) is 0 Å². The summed E-state index contributed by atoms with van der Waals surface area (Å²) in [4.78, 5) is 16.1. The van der Waals surface area contributed by atoms with Gasteiger partial charge in [0.1, 0.15) is 5.76 Å². The Morgan fingerprint density at radius 2 is 2.15 bits per heavy atom. The van der Waals surface area contributed by atoms with E-state index in [0.717, 1.165) is 31.0 Å². The second-order valence-electron chi connectivity index (χ2n) is 5.64. The highest BCUT2D eigenvalue weighted by atomic mass is 16.4. The topological polar surface area (TPSA) is 74.7 Å². The van der Waals surface area contributed by atoms with Crippen molar-refractivity contribution in [1.82, 2.24) is 15.2 Å². The van der Waals surface area contributed by atoms with Crippen LogP contribution in [-0.4, -0.2) is 48.9 Å². The van der Waals surface area contributed by atoms with Gasteiger partial charge in [0.15, 0.2) is 5.76 Å². The van der Waals surface area contributed by atoms with Crippen LogP contribution in [0.15, 0.2) is 10.5 Å². The van der Waals surface area contributed by atoms with Crippen molar-refractivity contribution in [3.63, 3.8) is 0 Å². The first-order chi connectivity index (χ1) is 9.51. The summed E-state index contributed by atoms with van der Waals surface area (Å²) in [5.74, 6) is 5.80. The van der Waals surface area contributed by atoms with Crippen LogP contribution in [0.1, 0.15) is 34.7 Å². The number of furan rings is 1. The molecule has 0 atom stereocenters. The predicted molar refractivity (Wildman–Crippen MR) is 77.1 cm³/mol. The van der Waals surface area contributed by atoms with Crippen LogP contribution in [0.4, 0.5) is 0 Å². The van der Waals surface area contributed by atoms with Crippen LogP contribution < -0.4 is 11.3 Å². The van der Waals surface area contributed by atoms with Crippen LogP contribution >= 0.6 is 0 Å². The molecule has 20 heavy (non-hydrogen) atoms. The number of nitrogens with zero attached hydrogens (tertiary/aromatic N) is 2. The van der Waals surface area contributed by atoms with Gasteiger partial charge >= 0.3 is 5.91 Å². The van der Waals surface area contributed by atoms with Crippen LogP contribution in [0.3, 0.4) is 0 Å². The number of piperidine rings is 1. The number of carbonyl (C=O) groups excluding carboxylic acids is 1. The lowest BCUT2D eigenvalue weighted by Crippen LogP contribution is -2.41. The summed E-state index contributed by atoms with van der Waals surface area (Å²) in [7, 11) is 4.27. The highest BCUT2D eigenvalue weighted by Crippen LogP contribution is 2.20. The quantitative estimate of drug-likeness (QED) is 0.483. The lowest BCUT2D eigenvalue weighted by atomic mass is 10.0. The maximum absolute atomic E-state index is 11.4. The highest BCUT2D eigenvalue weighted by molar-refractivity contribution is 5.91. The molecule has 0 radical (unpaired) electrons. The maximum atomic E-state index is 11.4. The van der Waals surface area contributed by atoms with Gasteiger partial charge in [-0.3, -0.25) is 15.1 Å². The van der Waals surface area contributed by atoms with E-state index in [0.29, 0.717) is 6.04 Å². The van der Waals surface area contributed by atoms with Gasteiger partial charge in [0, 0.05) is 18.2 Å². The van der Waals surface area contributed by atoms with Crippen molar-refractivity contribution in [2.75, 3.05) is 27.2 Å². The number of nitrogens with one attached hydrogen (secondary N) is 1. The second kappa shape index (κ2) is 6.39. The molecule has 6 heteroatoms. The normalized spacial score (nSPS) is 17.6. The van der Waals surface area contributed by atoms with Gasteiger partial charge in [-0.2, -0.15) is 0 Å². The number of likely N-dealkylation sites (tertiary alicyclic amines) is 1. The number of hydrogen-bond donors (Lipinski definition) is 2. The van der Waals surface area contributed by atoms with Crippen molar-refractivity contribution in [1.29, 1.82) is 0 Å². The van der Waals surface area contributed by atoms with E-state index in [-0.39, 0.29) is 11.7 Å². The van der Waals surface area contributed by atoms with Crippen molar-refractivity contribution < 1.29 is 9.21 Å². The molecule has 0 saturated carbocycles. The van der Waals surface area contributed by atoms with Crippen molar-refractivity contribution in [3.05, 3.63) is 23.2 Å². The summed E-state index contributed by atoms with van der Waals surface area (Å²) in [5, 5.41) is 0. The van der Waals surface area contributed by atoms with Gasteiger partial charge in [0.25, 0.3) is 0 Å². The number of hydrogen-bond acceptors (Lipinski definition) is 5. The molecule has 6 nitrogen and oxygen atoms in total. The number of carbonyl (C=O) groups is 1. The number of aryl methyl sites for hydroxylation is 1. The Labute approximate surface area is 119 Å². The lowest BCUT2D eigenvalue weighted by Gasteiger charge is -2.35. The summed E-state index contributed by atoms with van der Waals surface area (Å²) in [6.07, 6.45) is 2.36. The zero-order valence-corrected chi connectivity index (χ0v) is 12.5. The summed E-state index contributed by atoms with van der Waals surface area (Å²) in [6.45, 7) is 4.86. The molecule has 1 aromatic rings. The molecule has 2 heterocycles. The minimum absolute atomic E-state index is 0.281. The molecule has 3 N–H and O–H groups in total. The maximum Gasteiger partial charge on any atom is 0.300 e. The SMILES string of the molecule is Cc1oc(C(=O)NN)cc1CN1CCC(N(C)C)CC1. The fourth-order valence-electron chi connectivity index (χ4n) is 2.69. The van der Waals surface area contributed by atoms with Gasteiger partial charge in [0.05, 0.1) is 0 Å². The third kappa shape index (κ3) is 3.39. The molecule has 0 spiro atoms. The first-order valence-electron chi connectivity index (χ1n) is 7.00. The largest absolute Gasteiger partial charge is 0.456 e. The van der Waals surface area contributed by atoms with E-state index in [1.165, 1.54) is 12.8 Å². The van der Waals surface area contributed by atoms with E-state index < -0.39 is 0 Å². The number of rotatable bonds is 4. The molecular weight excluding hydrogens is 256 g/mol. The van der Waals surface area contributed by atoms with E-state index >= 15 is 0 Å². The first-order valence-corrected chi connectivity index (χ1v) is 7.00. The van der Waals surface area contributed by atoms with E-state index in [1.54, 1.807) is 6.07 Å². The molecule has 1 amide bonds. The number of hydrazine groups is 1. The van der Waals surface area contributed by atoms with Crippen molar-refractivity contribution in [2.24, 2.45) is 5.84 Å². The molecule has 0 bridgehead atoms. The Kier molecular flexibility index (Phi) is 4.80. The molecule has 0 aliphatic carbocycles. The Hall–Kier alpha value is -1.37. The zero-order chi connectivity index (χ0) is 14.7. The van der Waals surface area contributed by atoms with Crippen molar-refractivity contribution >= 4 is 5.91 Å². The number of nitrogens with two attached hydrogens (primary N) is 1. The number of amides is 1. The molecule has 1 aliphatic rings. The van der Waals surface area contributed by atoms with Crippen LogP contribution in [0.2, 0.25) is 0 Å². The van der Waals surface area contributed by atoms with Crippen molar-refractivity contribution in [2.45, 2.75) is 32.4 Å². The monoisotopic (exact) mass is 280 g/mol. The smallest absolute Gasteiger partial charge is 0.300 e. The van der Waals surface area contributed by atoms with E-state index in [9.17, 15) is 4.79 Å². The summed E-state index contributed by atoms with van der Waals surface area (Å²) < 4.78 is 5.44. The number of nitrogen functional groups attached to an aromatic ring is 1. The molecule has 1 aliphatic heterocycles. The molecule has 1 saturated heterocycles. The fraction of sp³-hybridized carbons (Fsp3) is 0.643. The highest BCUT2D eigenvalue weighted by Gasteiger charge is 2.22. The molecular formula is C14H24N4O2. The molecule has 2 rings (SSSR count). The van der Waals surface area contributed by atoms with E-state index in [2.05, 4.69) is 29.3 Å². The minimum atomic E-state index is -0.384. The predicted octanol–water partition coefficient (Wildman–Crippen LogP) is 0.718. The summed E-state index contributed by atoms with van der Waals surface area (Å²) in [5.41, 5.74) is 3.15.